The van der Waals surface area contributed by atoms with Gasteiger partial charge in [0.2, 0.25) is 0 Å². The van der Waals surface area contributed by atoms with Gasteiger partial charge in [-0.25, -0.2) is 0 Å². The lowest BCUT2D eigenvalue weighted by atomic mass is 9.94. The van der Waals surface area contributed by atoms with Gasteiger partial charge in [-0.2, -0.15) is 0 Å². The van der Waals surface area contributed by atoms with E-state index in [1.54, 1.807) is 0 Å². The van der Waals surface area contributed by atoms with Gasteiger partial charge in [-0.05, 0) is 82.9 Å². The first-order valence-electron chi connectivity index (χ1n) is 19.6. The van der Waals surface area contributed by atoms with E-state index in [2.05, 4.69) is 205 Å². The van der Waals surface area contributed by atoms with Crippen LogP contribution in [0.5, 0.6) is 0 Å². The van der Waals surface area contributed by atoms with Crippen molar-refractivity contribution in [1.82, 2.24) is 0 Å². The fourth-order valence-electron chi connectivity index (χ4n) is 8.99. The molecule has 0 spiro atoms. The number of para-hydroxylation sites is 2. The Morgan fingerprint density at radius 2 is 0.724 bits per heavy atom. The molecule has 12 aromatic rings. The summed E-state index contributed by atoms with van der Waals surface area (Å²) in [7, 11) is 0. The van der Waals surface area contributed by atoms with Crippen LogP contribution in [0.25, 0.3) is 93.9 Å². The number of hydrogen-bond donors (Lipinski definition) is 0. The number of benzene rings is 9. The lowest BCUT2D eigenvalue weighted by Gasteiger charge is -2.28. The zero-order valence-electron chi connectivity index (χ0n) is 31.2. The van der Waals surface area contributed by atoms with E-state index in [4.69, 9.17) is 0 Å². The summed E-state index contributed by atoms with van der Waals surface area (Å²) in [5.41, 5.74) is 10.9. The molecular weight excluding hydrogens is 759 g/mol. The van der Waals surface area contributed by atoms with Gasteiger partial charge in [0.15, 0.2) is 0 Å². The Bertz CT molecular complexity index is 3520. The Kier molecular flexibility index (Phi) is 7.83. The van der Waals surface area contributed by atoms with Crippen molar-refractivity contribution >= 4 is 112 Å². The molecule has 0 radical (unpaired) electrons. The first-order chi connectivity index (χ1) is 28.8. The average molecular weight is 792 g/mol. The van der Waals surface area contributed by atoms with Crippen LogP contribution in [0, 0.1) is 0 Å². The summed E-state index contributed by atoms with van der Waals surface area (Å²) >= 11 is 5.65. The molecule has 0 unspecified atom stereocenters. The molecule has 0 fully saturated rings. The lowest BCUT2D eigenvalue weighted by Crippen LogP contribution is -2.11. The molecule has 0 aliphatic rings. The second-order valence-electron chi connectivity index (χ2n) is 14.8. The van der Waals surface area contributed by atoms with Gasteiger partial charge in [0.05, 0.1) is 5.69 Å². The second kappa shape index (κ2) is 13.5. The minimum absolute atomic E-state index is 1.12. The summed E-state index contributed by atoms with van der Waals surface area (Å²) in [6, 6.07) is 73.6. The first-order valence-corrected chi connectivity index (χ1v) is 22.0. The normalized spacial score (nSPS) is 11.8. The Morgan fingerprint density at radius 3 is 1.41 bits per heavy atom. The number of anilines is 3. The van der Waals surface area contributed by atoms with Crippen LogP contribution in [0.3, 0.4) is 0 Å². The molecule has 3 heterocycles. The largest absolute Gasteiger partial charge is 0.310 e. The predicted octanol–water partition coefficient (Wildman–Crippen LogP) is 17.3. The highest BCUT2D eigenvalue weighted by Gasteiger charge is 2.22. The Hall–Kier alpha value is -6.56. The Labute approximate surface area is 347 Å². The first kappa shape index (κ1) is 33.6. The molecule has 0 saturated heterocycles. The molecule has 12 rings (SSSR count). The average Bonchev–Trinajstić information content (AvgIpc) is 3.99. The SMILES string of the molecule is c1ccc(N(c2ccc(-c3cccc4sc5ccccc5c34)cc2)c2ccccc2-c2cccc3c2sc2cccc(-c4cccc5sc6ccccc6c45)c23)cc1. The van der Waals surface area contributed by atoms with E-state index < -0.39 is 0 Å². The van der Waals surface area contributed by atoms with Gasteiger partial charge in [0, 0.05) is 83.0 Å². The van der Waals surface area contributed by atoms with Crippen LogP contribution in [0.2, 0.25) is 0 Å². The maximum Gasteiger partial charge on any atom is 0.0540 e. The summed E-state index contributed by atoms with van der Waals surface area (Å²) in [5.74, 6) is 0. The predicted molar refractivity (Wildman–Crippen MR) is 256 cm³/mol. The summed E-state index contributed by atoms with van der Waals surface area (Å²) in [6.45, 7) is 0. The van der Waals surface area contributed by atoms with Gasteiger partial charge in [-0.15, -0.1) is 34.0 Å². The van der Waals surface area contributed by atoms with Gasteiger partial charge in [0.1, 0.15) is 0 Å². The molecule has 0 saturated carbocycles. The summed E-state index contributed by atoms with van der Waals surface area (Å²) in [4.78, 5) is 2.42. The van der Waals surface area contributed by atoms with Crippen LogP contribution in [-0.4, -0.2) is 0 Å². The topological polar surface area (TPSA) is 3.24 Å². The van der Waals surface area contributed by atoms with E-state index in [-0.39, 0.29) is 0 Å². The third kappa shape index (κ3) is 5.26. The summed E-state index contributed by atoms with van der Waals surface area (Å²) in [6.07, 6.45) is 0. The van der Waals surface area contributed by atoms with Crippen LogP contribution in [-0.2, 0) is 0 Å². The Morgan fingerprint density at radius 1 is 0.276 bits per heavy atom. The highest BCUT2D eigenvalue weighted by molar-refractivity contribution is 7.27. The molecule has 4 heteroatoms. The fourth-order valence-corrected chi connectivity index (χ4v) is 12.5. The number of rotatable bonds is 6. The van der Waals surface area contributed by atoms with Crippen molar-refractivity contribution in [2.45, 2.75) is 0 Å². The standard InChI is InChI=1S/C54H33NS3/c1-2-14-35(15-3-1)55(36-32-30-34(31-33-36)37-19-11-27-48-51(37)42-17-5-8-25-46(42)56-48)45-24-7-4-16-38(45)41-22-10-23-44-53-40(21-13-29-50(53)58-54(41)44)39-20-12-28-49-52(39)43-18-6-9-26-47(43)57-49/h1-33H. The van der Waals surface area contributed by atoms with Crippen LogP contribution < -0.4 is 4.90 Å². The maximum absolute atomic E-state index is 2.42. The van der Waals surface area contributed by atoms with Crippen LogP contribution in [0.1, 0.15) is 0 Å². The van der Waals surface area contributed by atoms with Crippen molar-refractivity contribution in [1.29, 1.82) is 0 Å². The van der Waals surface area contributed by atoms with E-state index in [9.17, 15) is 0 Å². The minimum atomic E-state index is 1.12. The molecule has 3 aromatic heterocycles. The van der Waals surface area contributed by atoms with Crippen LogP contribution >= 0.6 is 34.0 Å². The van der Waals surface area contributed by atoms with Crippen molar-refractivity contribution in [3.05, 3.63) is 200 Å². The monoisotopic (exact) mass is 791 g/mol. The molecule has 0 aliphatic heterocycles. The highest BCUT2D eigenvalue weighted by Crippen LogP contribution is 2.50. The highest BCUT2D eigenvalue weighted by atomic mass is 32.1. The molecule has 0 aliphatic carbocycles. The van der Waals surface area contributed by atoms with Crippen molar-refractivity contribution < 1.29 is 0 Å². The van der Waals surface area contributed by atoms with Gasteiger partial charge in [0.25, 0.3) is 0 Å². The number of fused-ring (bicyclic) bond motifs is 9. The van der Waals surface area contributed by atoms with Crippen LogP contribution in [0.4, 0.5) is 17.1 Å². The summed E-state index contributed by atoms with van der Waals surface area (Å²) < 4.78 is 7.92. The molecule has 58 heavy (non-hydrogen) atoms. The van der Waals surface area contributed by atoms with Gasteiger partial charge in [-0.1, -0.05) is 140 Å². The van der Waals surface area contributed by atoms with Crippen molar-refractivity contribution in [3.8, 4) is 33.4 Å². The molecular formula is C54H33NS3. The maximum atomic E-state index is 2.42. The molecule has 0 atom stereocenters. The van der Waals surface area contributed by atoms with Gasteiger partial charge >= 0.3 is 0 Å². The zero-order valence-corrected chi connectivity index (χ0v) is 33.7. The molecule has 272 valence electrons. The lowest BCUT2D eigenvalue weighted by molar-refractivity contribution is 1.28. The van der Waals surface area contributed by atoms with Crippen LogP contribution in [0.15, 0.2) is 200 Å². The van der Waals surface area contributed by atoms with E-state index in [0.29, 0.717) is 0 Å². The van der Waals surface area contributed by atoms with E-state index in [1.165, 1.54) is 93.9 Å². The quantitative estimate of drug-likeness (QED) is 0.162. The number of hydrogen-bond acceptors (Lipinski definition) is 4. The van der Waals surface area contributed by atoms with Crippen molar-refractivity contribution in [2.24, 2.45) is 0 Å². The van der Waals surface area contributed by atoms with E-state index in [0.717, 1.165) is 17.1 Å². The number of nitrogens with zero attached hydrogens (tertiary/aromatic N) is 1. The third-order valence-corrected chi connectivity index (χ3v) is 15.0. The van der Waals surface area contributed by atoms with E-state index in [1.807, 2.05) is 34.0 Å². The van der Waals surface area contributed by atoms with Gasteiger partial charge in [-0.3, -0.25) is 0 Å². The molecule has 9 aromatic carbocycles. The smallest absolute Gasteiger partial charge is 0.0540 e. The minimum Gasteiger partial charge on any atom is -0.310 e. The third-order valence-electron chi connectivity index (χ3n) is 11.5. The fraction of sp³-hybridized carbons (Fsp3) is 0. The molecule has 0 bridgehead atoms. The van der Waals surface area contributed by atoms with Gasteiger partial charge < -0.3 is 4.90 Å². The Balaban J connectivity index is 1.02. The van der Waals surface area contributed by atoms with E-state index >= 15 is 0 Å². The van der Waals surface area contributed by atoms with Crippen molar-refractivity contribution in [3.63, 3.8) is 0 Å². The second-order valence-corrected chi connectivity index (χ2v) is 18.0. The molecule has 0 N–H and O–H groups in total. The molecule has 0 amide bonds. The molecule has 1 nitrogen and oxygen atoms in total. The number of thiophene rings is 3. The zero-order chi connectivity index (χ0) is 38.2. The van der Waals surface area contributed by atoms with Crippen molar-refractivity contribution in [2.75, 3.05) is 4.90 Å². The summed E-state index contributed by atoms with van der Waals surface area (Å²) in [5, 5.41) is 7.96.